The third kappa shape index (κ3) is 7.38. The molecule has 0 heterocycles. The number of hydrogen-bond acceptors (Lipinski definition) is 3. The SMILES string of the molecule is C=C(C)[C@@H]1CC[C@]2(CO)CC[C@]3(C)[C@H](CC[C@@H]4[C@@]5(C)CC[C@H](OC(=O)CCCCCCCCCCCCCCC)C(C)(C)[C@@H]5CC[C@]43C)[C@H]12. The summed E-state index contributed by atoms with van der Waals surface area (Å²) in [4.78, 5) is 13.2. The van der Waals surface area contributed by atoms with E-state index in [2.05, 4.69) is 55.0 Å². The van der Waals surface area contributed by atoms with Crippen LogP contribution in [0.2, 0.25) is 0 Å². The average molecular weight is 681 g/mol. The maximum absolute atomic E-state index is 13.2. The molecule has 0 aliphatic heterocycles. The zero-order valence-corrected chi connectivity index (χ0v) is 33.6. The Balaban J connectivity index is 1.12. The van der Waals surface area contributed by atoms with Crippen LogP contribution in [0, 0.1) is 56.7 Å². The highest BCUT2D eigenvalue weighted by Crippen LogP contribution is 2.77. The molecule has 49 heavy (non-hydrogen) atoms. The van der Waals surface area contributed by atoms with E-state index in [1.54, 1.807) is 0 Å². The molecule has 0 aromatic rings. The fourth-order valence-electron chi connectivity index (χ4n) is 14.2. The Morgan fingerprint density at radius 3 is 1.90 bits per heavy atom. The first-order valence-corrected chi connectivity index (χ1v) is 21.8. The summed E-state index contributed by atoms with van der Waals surface area (Å²) in [6, 6.07) is 0. The minimum Gasteiger partial charge on any atom is -0.462 e. The molecule has 5 aliphatic carbocycles. The van der Waals surface area contributed by atoms with Gasteiger partial charge in [-0.25, -0.2) is 0 Å². The first-order chi connectivity index (χ1) is 23.3. The van der Waals surface area contributed by atoms with Gasteiger partial charge in [0.05, 0.1) is 0 Å². The van der Waals surface area contributed by atoms with Gasteiger partial charge in [0.1, 0.15) is 6.10 Å². The molecule has 0 radical (unpaired) electrons. The minimum atomic E-state index is 0.00680. The summed E-state index contributed by atoms with van der Waals surface area (Å²) < 4.78 is 6.41. The van der Waals surface area contributed by atoms with Crippen LogP contribution in [0.15, 0.2) is 12.2 Å². The molecule has 282 valence electrons. The van der Waals surface area contributed by atoms with Crippen LogP contribution in [0.5, 0.6) is 0 Å². The van der Waals surface area contributed by atoms with Gasteiger partial charge >= 0.3 is 5.97 Å². The lowest BCUT2D eigenvalue weighted by molar-refractivity contribution is -0.251. The van der Waals surface area contributed by atoms with Gasteiger partial charge in [-0.3, -0.25) is 4.79 Å². The molecule has 0 spiro atoms. The summed E-state index contributed by atoms with van der Waals surface area (Å²) in [7, 11) is 0. The third-order valence-corrected chi connectivity index (χ3v) is 17.3. The Morgan fingerprint density at radius 2 is 1.31 bits per heavy atom. The van der Waals surface area contributed by atoms with Gasteiger partial charge in [-0.05, 0) is 129 Å². The van der Waals surface area contributed by atoms with E-state index in [4.69, 9.17) is 4.74 Å². The molecule has 0 saturated heterocycles. The predicted molar refractivity (Wildman–Crippen MR) is 206 cm³/mol. The molecule has 5 rings (SSSR count). The van der Waals surface area contributed by atoms with Crippen LogP contribution in [0.25, 0.3) is 0 Å². The van der Waals surface area contributed by atoms with Gasteiger partial charge in [0.25, 0.3) is 0 Å². The lowest BCUT2D eigenvalue weighted by atomic mass is 9.32. The van der Waals surface area contributed by atoms with Crippen molar-refractivity contribution >= 4 is 5.97 Å². The Kier molecular flexibility index (Phi) is 12.9. The molecule has 10 atom stereocenters. The van der Waals surface area contributed by atoms with E-state index in [0.29, 0.717) is 53.4 Å². The molecule has 0 unspecified atom stereocenters. The van der Waals surface area contributed by atoms with E-state index in [0.717, 1.165) is 19.3 Å². The van der Waals surface area contributed by atoms with Crippen molar-refractivity contribution in [2.45, 2.75) is 209 Å². The van der Waals surface area contributed by atoms with Crippen LogP contribution in [0.3, 0.4) is 0 Å². The standard InChI is InChI=1S/C46H80O3/c1-9-10-11-12-13-14-15-16-17-18-19-20-21-22-40(48)49-39-27-28-43(6)37(42(39,4)5)26-29-45(8)38(43)24-23-36-41-35(34(2)3)25-30-46(41,33-47)32-31-44(36,45)7/h35-39,41,47H,2,9-33H2,1,3-8H3/t35-,36+,37-,38+,39-,41-,43-,44+,45+,46+/m0/s1. The fraction of sp³-hybridized carbons (Fsp3) is 0.935. The summed E-state index contributed by atoms with van der Waals surface area (Å²) in [6.07, 6.45) is 30.2. The van der Waals surface area contributed by atoms with Crippen LogP contribution in [0.1, 0.15) is 203 Å². The summed E-state index contributed by atoms with van der Waals surface area (Å²) in [5.74, 6) is 3.22. The van der Waals surface area contributed by atoms with Gasteiger partial charge in [-0.1, -0.05) is 131 Å². The molecule has 3 nitrogen and oxygen atoms in total. The van der Waals surface area contributed by atoms with Crippen molar-refractivity contribution in [2.75, 3.05) is 6.61 Å². The Labute approximate surface area is 304 Å². The van der Waals surface area contributed by atoms with Gasteiger partial charge < -0.3 is 9.84 Å². The number of rotatable bonds is 17. The van der Waals surface area contributed by atoms with E-state index < -0.39 is 0 Å². The molecule has 5 fully saturated rings. The number of hydrogen-bond donors (Lipinski definition) is 1. The second-order valence-electron chi connectivity index (χ2n) is 20.0. The number of carbonyl (C=O) groups is 1. The fourth-order valence-corrected chi connectivity index (χ4v) is 14.2. The second-order valence-corrected chi connectivity index (χ2v) is 20.0. The summed E-state index contributed by atoms with van der Waals surface area (Å²) in [5.41, 5.74) is 2.40. The van der Waals surface area contributed by atoms with Crippen LogP contribution < -0.4 is 0 Å². The number of aliphatic hydroxyl groups is 1. The van der Waals surface area contributed by atoms with E-state index in [-0.39, 0.29) is 28.3 Å². The number of aliphatic hydroxyl groups excluding tert-OH is 1. The molecule has 0 aromatic heterocycles. The molecule has 5 saturated carbocycles. The predicted octanol–water partition coefficient (Wildman–Crippen LogP) is 13.0. The van der Waals surface area contributed by atoms with Crippen LogP contribution >= 0.6 is 0 Å². The molecule has 1 N–H and O–H groups in total. The van der Waals surface area contributed by atoms with Crippen molar-refractivity contribution < 1.29 is 14.6 Å². The average Bonchev–Trinajstić information content (AvgIpc) is 3.45. The maximum Gasteiger partial charge on any atom is 0.306 e. The Bertz CT molecular complexity index is 1110. The van der Waals surface area contributed by atoms with Gasteiger partial charge in [0.2, 0.25) is 0 Å². The largest absolute Gasteiger partial charge is 0.462 e. The normalized spacial score (nSPS) is 40.9. The maximum atomic E-state index is 13.2. The lowest BCUT2D eigenvalue weighted by Gasteiger charge is -2.73. The van der Waals surface area contributed by atoms with E-state index in [9.17, 15) is 9.90 Å². The lowest BCUT2D eigenvalue weighted by Crippen LogP contribution is -2.67. The zero-order chi connectivity index (χ0) is 35.5. The van der Waals surface area contributed by atoms with Crippen molar-refractivity contribution in [1.82, 2.24) is 0 Å². The highest BCUT2D eigenvalue weighted by Gasteiger charge is 2.71. The monoisotopic (exact) mass is 681 g/mol. The second kappa shape index (κ2) is 16.0. The Morgan fingerprint density at radius 1 is 0.694 bits per heavy atom. The van der Waals surface area contributed by atoms with E-state index in [1.165, 1.54) is 134 Å². The first-order valence-electron chi connectivity index (χ1n) is 21.8. The summed E-state index contributed by atoms with van der Waals surface area (Å²) >= 11 is 0. The quantitative estimate of drug-likeness (QED) is 0.0945. The molecule has 0 aromatic carbocycles. The number of carbonyl (C=O) groups excluding carboxylic acids is 1. The topological polar surface area (TPSA) is 46.5 Å². The highest BCUT2D eigenvalue weighted by atomic mass is 16.5. The van der Waals surface area contributed by atoms with E-state index >= 15 is 0 Å². The zero-order valence-electron chi connectivity index (χ0n) is 33.6. The van der Waals surface area contributed by atoms with Gasteiger partial charge in [0.15, 0.2) is 0 Å². The van der Waals surface area contributed by atoms with Crippen molar-refractivity contribution in [3.8, 4) is 0 Å². The smallest absolute Gasteiger partial charge is 0.306 e. The molecular weight excluding hydrogens is 601 g/mol. The van der Waals surface area contributed by atoms with Crippen LogP contribution in [0.4, 0.5) is 0 Å². The number of allylic oxidation sites excluding steroid dienone is 1. The number of fused-ring (bicyclic) bond motifs is 7. The number of esters is 1. The third-order valence-electron chi connectivity index (χ3n) is 17.3. The summed E-state index contributed by atoms with van der Waals surface area (Å²) in [6.45, 7) is 22.3. The molecule has 3 heteroatoms. The molecule has 0 amide bonds. The summed E-state index contributed by atoms with van der Waals surface area (Å²) in [5, 5.41) is 10.8. The van der Waals surface area contributed by atoms with Crippen molar-refractivity contribution in [3.05, 3.63) is 12.2 Å². The van der Waals surface area contributed by atoms with Gasteiger partial charge in [0, 0.05) is 18.4 Å². The van der Waals surface area contributed by atoms with E-state index in [1.807, 2.05) is 0 Å². The van der Waals surface area contributed by atoms with Crippen LogP contribution in [-0.2, 0) is 9.53 Å². The van der Waals surface area contributed by atoms with Gasteiger partial charge in [-0.2, -0.15) is 0 Å². The number of ether oxygens (including phenoxy) is 1. The van der Waals surface area contributed by atoms with Gasteiger partial charge in [-0.15, -0.1) is 0 Å². The van der Waals surface area contributed by atoms with Crippen molar-refractivity contribution in [2.24, 2.45) is 56.7 Å². The van der Waals surface area contributed by atoms with Crippen LogP contribution in [-0.4, -0.2) is 23.8 Å². The number of unbranched alkanes of at least 4 members (excludes halogenated alkanes) is 12. The van der Waals surface area contributed by atoms with Crippen molar-refractivity contribution in [1.29, 1.82) is 0 Å². The Hall–Kier alpha value is -0.830. The highest BCUT2D eigenvalue weighted by molar-refractivity contribution is 5.69. The molecule has 0 bridgehead atoms. The minimum absolute atomic E-state index is 0.00680. The van der Waals surface area contributed by atoms with Crippen molar-refractivity contribution in [3.63, 3.8) is 0 Å². The molecule has 5 aliphatic rings. The molecular formula is C46H80O3. The first kappa shape index (κ1) is 39.4.